The third-order valence-corrected chi connectivity index (χ3v) is 4.16. The number of aromatic carboxylic acids is 1. The molecule has 0 saturated heterocycles. The van der Waals surface area contributed by atoms with Gasteiger partial charge in [-0.3, -0.25) is 4.79 Å². The van der Waals surface area contributed by atoms with Crippen LogP contribution in [0.15, 0.2) is 28.7 Å². The average Bonchev–Trinajstić information content (AvgIpc) is 2.73. The zero-order chi connectivity index (χ0) is 14.9. The van der Waals surface area contributed by atoms with Crippen molar-refractivity contribution in [1.82, 2.24) is 0 Å². The van der Waals surface area contributed by atoms with Gasteiger partial charge < -0.3 is 10.4 Å². The molecule has 4 nitrogen and oxygen atoms in total. The molecule has 0 fully saturated rings. The predicted molar refractivity (Wildman–Crippen MR) is 78.1 cm³/mol. The van der Waals surface area contributed by atoms with Gasteiger partial charge in [0.1, 0.15) is 10.7 Å². The normalized spacial score (nSPS) is 10.3. The molecule has 0 spiro atoms. The van der Waals surface area contributed by atoms with Crippen molar-refractivity contribution in [3.63, 3.8) is 0 Å². The number of thiophene rings is 1. The van der Waals surface area contributed by atoms with Crippen LogP contribution in [0, 0.1) is 12.7 Å². The largest absolute Gasteiger partial charge is 0.477 e. The fourth-order valence-electron chi connectivity index (χ4n) is 1.61. The van der Waals surface area contributed by atoms with Crippen LogP contribution in [0.5, 0.6) is 0 Å². The van der Waals surface area contributed by atoms with Gasteiger partial charge >= 0.3 is 5.97 Å². The van der Waals surface area contributed by atoms with E-state index in [1.165, 1.54) is 18.2 Å². The fourth-order valence-corrected chi connectivity index (χ4v) is 2.87. The molecule has 20 heavy (non-hydrogen) atoms. The first-order valence-electron chi connectivity index (χ1n) is 5.48. The van der Waals surface area contributed by atoms with E-state index in [0.717, 1.165) is 11.3 Å². The molecule has 0 atom stereocenters. The number of rotatable bonds is 3. The SMILES string of the molecule is Cc1cc(NC(=O)c2cc(Br)ccc2F)sc1C(=O)O. The summed E-state index contributed by atoms with van der Waals surface area (Å²) in [5, 5.41) is 11.8. The lowest BCUT2D eigenvalue weighted by Gasteiger charge is -2.04. The molecule has 2 aromatic rings. The molecule has 7 heteroatoms. The number of nitrogens with one attached hydrogen (secondary N) is 1. The number of carbonyl (C=O) groups excluding carboxylic acids is 1. The lowest BCUT2D eigenvalue weighted by molar-refractivity contribution is 0.0701. The van der Waals surface area contributed by atoms with Gasteiger partial charge in [0.25, 0.3) is 5.91 Å². The van der Waals surface area contributed by atoms with Crippen LogP contribution in [-0.2, 0) is 0 Å². The third-order valence-electron chi connectivity index (χ3n) is 2.52. The number of aryl methyl sites for hydroxylation is 1. The van der Waals surface area contributed by atoms with Crippen LogP contribution >= 0.6 is 27.3 Å². The minimum Gasteiger partial charge on any atom is -0.477 e. The minimum atomic E-state index is -1.05. The zero-order valence-electron chi connectivity index (χ0n) is 10.2. The van der Waals surface area contributed by atoms with Gasteiger partial charge in [-0.1, -0.05) is 15.9 Å². The van der Waals surface area contributed by atoms with E-state index in [9.17, 15) is 14.0 Å². The molecule has 2 N–H and O–H groups in total. The Labute approximate surface area is 126 Å². The molecule has 0 unspecified atom stereocenters. The van der Waals surface area contributed by atoms with Gasteiger partial charge in [-0.2, -0.15) is 0 Å². The number of halogens is 2. The summed E-state index contributed by atoms with van der Waals surface area (Å²) in [7, 11) is 0. The summed E-state index contributed by atoms with van der Waals surface area (Å²) in [6, 6.07) is 5.58. The molecule has 0 bridgehead atoms. The maximum absolute atomic E-state index is 13.6. The minimum absolute atomic E-state index is 0.109. The Balaban J connectivity index is 2.26. The highest BCUT2D eigenvalue weighted by Crippen LogP contribution is 2.27. The number of hydrogen-bond donors (Lipinski definition) is 2. The summed E-state index contributed by atoms with van der Waals surface area (Å²) >= 11 is 4.10. The molecular weight excluding hydrogens is 349 g/mol. The quantitative estimate of drug-likeness (QED) is 0.874. The average molecular weight is 358 g/mol. The molecule has 1 aromatic carbocycles. The summed E-state index contributed by atoms with van der Waals surface area (Å²) in [6.45, 7) is 1.63. The molecule has 1 amide bonds. The van der Waals surface area contributed by atoms with E-state index in [-0.39, 0.29) is 10.4 Å². The van der Waals surface area contributed by atoms with Gasteiger partial charge in [0, 0.05) is 4.47 Å². The first-order chi connectivity index (χ1) is 9.38. The molecule has 0 aliphatic carbocycles. The number of carboxylic acid groups (broad SMARTS) is 1. The van der Waals surface area contributed by atoms with Crippen LogP contribution in [0.2, 0.25) is 0 Å². The highest BCUT2D eigenvalue weighted by molar-refractivity contribution is 9.10. The second-order valence-corrected chi connectivity index (χ2v) is 5.97. The molecule has 2 rings (SSSR count). The van der Waals surface area contributed by atoms with E-state index in [1.807, 2.05) is 0 Å². The van der Waals surface area contributed by atoms with E-state index in [2.05, 4.69) is 21.2 Å². The Bertz CT molecular complexity index is 699. The van der Waals surface area contributed by atoms with E-state index >= 15 is 0 Å². The van der Waals surface area contributed by atoms with Gasteiger partial charge in [-0.05, 0) is 36.8 Å². The van der Waals surface area contributed by atoms with Crippen molar-refractivity contribution in [2.75, 3.05) is 5.32 Å². The van der Waals surface area contributed by atoms with Crippen LogP contribution in [0.4, 0.5) is 9.39 Å². The van der Waals surface area contributed by atoms with E-state index in [4.69, 9.17) is 5.11 Å². The first-order valence-corrected chi connectivity index (χ1v) is 7.09. The van der Waals surface area contributed by atoms with Crippen molar-refractivity contribution in [2.45, 2.75) is 6.92 Å². The molecule has 1 aromatic heterocycles. The molecular formula is C13H9BrFNO3S. The lowest BCUT2D eigenvalue weighted by Crippen LogP contribution is -2.12. The molecule has 0 saturated carbocycles. The van der Waals surface area contributed by atoms with Crippen molar-refractivity contribution in [1.29, 1.82) is 0 Å². The Morgan fingerprint density at radius 2 is 2.05 bits per heavy atom. The first kappa shape index (κ1) is 14.7. The van der Waals surface area contributed by atoms with Crippen LogP contribution in [-0.4, -0.2) is 17.0 Å². The number of carboxylic acids is 1. The molecule has 0 aliphatic heterocycles. The van der Waals surface area contributed by atoms with Gasteiger partial charge in [0.2, 0.25) is 0 Å². The van der Waals surface area contributed by atoms with Crippen molar-refractivity contribution >= 4 is 44.1 Å². The summed E-state index contributed by atoms with van der Waals surface area (Å²) in [4.78, 5) is 23.0. The Kier molecular flexibility index (Phi) is 4.20. The van der Waals surface area contributed by atoms with E-state index in [1.54, 1.807) is 13.0 Å². The van der Waals surface area contributed by atoms with Crippen LogP contribution in [0.25, 0.3) is 0 Å². The molecule has 104 valence electrons. The molecule has 1 heterocycles. The fraction of sp³-hybridized carbons (Fsp3) is 0.0769. The van der Waals surface area contributed by atoms with E-state index < -0.39 is 17.7 Å². The number of anilines is 1. The predicted octanol–water partition coefficient (Wildman–Crippen LogP) is 3.91. The number of benzene rings is 1. The second kappa shape index (κ2) is 5.72. The van der Waals surface area contributed by atoms with Crippen molar-refractivity contribution in [3.05, 3.63) is 50.6 Å². The number of amides is 1. The van der Waals surface area contributed by atoms with Gasteiger partial charge in [0.15, 0.2) is 0 Å². The summed E-state index contributed by atoms with van der Waals surface area (Å²) in [5.74, 6) is -2.32. The second-order valence-electron chi connectivity index (χ2n) is 4.01. The standard InChI is InChI=1S/C13H9BrFNO3S/c1-6-4-10(20-11(6)13(18)19)16-12(17)8-5-7(14)2-3-9(8)15/h2-5H,1H3,(H,16,17)(H,18,19). The van der Waals surface area contributed by atoms with Crippen LogP contribution < -0.4 is 5.32 Å². The zero-order valence-corrected chi connectivity index (χ0v) is 12.6. The van der Waals surface area contributed by atoms with Gasteiger partial charge in [-0.15, -0.1) is 11.3 Å². The van der Waals surface area contributed by atoms with Gasteiger partial charge in [0.05, 0.1) is 10.6 Å². The van der Waals surface area contributed by atoms with Crippen LogP contribution in [0.3, 0.4) is 0 Å². The number of carbonyl (C=O) groups is 2. The highest BCUT2D eigenvalue weighted by atomic mass is 79.9. The van der Waals surface area contributed by atoms with Crippen molar-refractivity contribution < 1.29 is 19.1 Å². The summed E-state index contributed by atoms with van der Waals surface area (Å²) in [5.41, 5.74) is 0.440. The molecule has 0 aliphatic rings. The topological polar surface area (TPSA) is 66.4 Å². The van der Waals surface area contributed by atoms with Gasteiger partial charge in [-0.25, -0.2) is 9.18 Å². The Hall–Kier alpha value is -1.73. The lowest BCUT2D eigenvalue weighted by atomic mass is 10.2. The Morgan fingerprint density at radius 1 is 1.35 bits per heavy atom. The molecule has 0 radical (unpaired) electrons. The van der Waals surface area contributed by atoms with Crippen molar-refractivity contribution in [3.8, 4) is 0 Å². The van der Waals surface area contributed by atoms with Crippen LogP contribution in [0.1, 0.15) is 25.6 Å². The number of hydrogen-bond acceptors (Lipinski definition) is 3. The van der Waals surface area contributed by atoms with E-state index in [0.29, 0.717) is 15.0 Å². The maximum Gasteiger partial charge on any atom is 0.346 e. The highest BCUT2D eigenvalue weighted by Gasteiger charge is 2.16. The smallest absolute Gasteiger partial charge is 0.346 e. The summed E-state index contributed by atoms with van der Waals surface area (Å²) in [6.07, 6.45) is 0. The maximum atomic E-state index is 13.6. The monoisotopic (exact) mass is 357 g/mol. The summed E-state index contributed by atoms with van der Waals surface area (Å²) < 4.78 is 14.1. The third kappa shape index (κ3) is 3.05. The van der Waals surface area contributed by atoms with Crippen molar-refractivity contribution in [2.24, 2.45) is 0 Å². The Morgan fingerprint density at radius 3 is 2.65 bits per heavy atom.